The largest absolute Gasteiger partial charge is 0.383 e. The van der Waals surface area contributed by atoms with Gasteiger partial charge in [-0.05, 0) is 45.1 Å². The minimum Gasteiger partial charge on any atom is -0.383 e. The number of hydrogen-bond donors (Lipinski definition) is 1. The summed E-state index contributed by atoms with van der Waals surface area (Å²) < 4.78 is 14.9. The summed E-state index contributed by atoms with van der Waals surface area (Å²) in [6, 6.07) is 2.24. The van der Waals surface area contributed by atoms with Gasteiger partial charge in [-0.3, -0.25) is 0 Å². The zero-order valence-corrected chi connectivity index (χ0v) is 14.4. The van der Waals surface area contributed by atoms with Gasteiger partial charge in [-0.2, -0.15) is 0 Å². The van der Waals surface area contributed by atoms with Crippen molar-refractivity contribution in [2.45, 2.75) is 64.1 Å². The minimum absolute atomic E-state index is 0.0688. The quantitative estimate of drug-likeness (QED) is 0.871. The van der Waals surface area contributed by atoms with Crippen molar-refractivity contribution in [1.82, 2.24) is 14.5 Å². The first kappa shape index (κ1) is 14.7. The molecule has 0 unspecified atom stereocenters. The number of anilines is 1. The van der Waals surface area contributed by atoms with Crippen molar-refractivity contribution in [2.24, 2.45) is 11.3 Å². The van der Waals surface area contributed by atoms with Crippen LogP contribution in [0.4, 0.5) is 5.82 Å². The highest BCUT2D eigenvalue weighted by molar-refractivity contribution is 5.86. The van der Waals surface area contributed by atoms with Gasteiger partial charge in [-0.25, -0.2) is 9.97 Å². The summed E-state index contributed by atoms with van der Waals surface area (Å²) in [5, 5.41) is 0.912. The second-order valence-electron chi connectivity index (χ2n) is 8.39. The zero-order valence-electron chi connectivity index (χ0n) is 14.4. The summed E-state index contributed by atoms with van der Waals surface area (Å²) in [5.41, 5.74) is 7.15. The molecule has 1 aliphatic heterocycles. The van der Waals surface area contributed by atoms with E-state index in [9.17, 15) is 0 Å². The van der Waals surface area contributed by atoms with E-state index >= 15 is 0 Å². The van der Waals surface area contributed by atoms with Gasteiger partial charge in [0.05, 0.1) is 17.5 Å². The standard InChI is InChI=1S/C18H24N4O2/c1-10-6-18(7-10)8-12(13-14(18)24-17(2,3)23-13)22-5-4-11-15(19)20-9-21-16(11)22/h4-5,9-10,12-14H,6-8H2,1-3H3,(H2,19,20,21)/t10?,12-,13+,14+,18?/m1/s1. The molecule has 0 radical (unpaired) electrons. The van der Waals surface area contributed by atoms with Crippen molar-refractivity contribution in [2.75, 3.05) is 5.73 Å². The molecule has 6 heteroatoms. The van der Waals surface area contributed by atoms with Crippen LogP contribution < -0.4 is 5.73 Å². The molecule has 2 N–H and O–H groups in total. The van der Waals surface area contributed by atoms with E-state index in [4.69, 9.17) is 15.2 Å². The first-order valence-corrected chi connectivity index (χ1v) is 8.81. The van der Waals surface area contributed by atoms with E-state index in [2.05, 4.69) is 27.7 Å². The molecular weight excluding hydrogens is 304 g/mol. The number of aromatic nitrogens is 3. The van der Waals surface area contributed by atoms with Crippen molar-refractivity contribution in [3.05, 3.63) is 18.6 Å². The average molecular weight is 328 g/mol. The highest BCUT2D eigenvalue weighted by Crippen LogP contribution is 2.63. The first-order valence-electron chi connectivity index (χ1n) is 8.81. The van der Waals surface area contributed by atoms with Crippen LogP contribution in [0.1, 0.15) is 46.1 Å². The molecule has 2 aromatic heterocycles. The molecule has 2 aliphatic carbocycles. The molecule has 3 heterocycles. The lowest BCUT2D eigenvalue weighted by atomic mass is 9.60. The van der Waals surface area contributed by atoms with Crippen LogP contribution in [0.5, 0.6) is 0 Å². The summed E-state index contributed by atoms with van der Waals surface area (Å²) in [6.07, 6.45) is 7.38. The van der Waals surface area contributed by atoms with Crippen LogP contribution in [0, 0.1) is 11.3 Å². The highest BCUT2D eigenvalue weighted by Gasteiger charge is 2.65. The number of nitrogens with zero attached hydrogens (tertiary/aromatic N) is 3. The second-order valence-corrected chi connectivity index (χ2v) is 8.39. The zero-order chi connectivity index (χ0) is 16.7. The van der Waals surface area contributed by atoms with Gasteiger partial charge in [-0.1, -0.05) is 6.92 Å². The Bertz CT molecular complexity index is 808. The molecule has 2 aromatic rings. The normalized spacial score (nSPS) is 40.1. The van der Waals surface area contributed by atoms with E-state index in [1.54, 1.807) is 0 Å². The molecular formula is C18H24N4O2. The Morgan fingerprint density at radius 2 is 2.00 bits per heavy atom. The molecule has 0 aromatic carbocycles. The van der Waals surface area contributed by atoms with Crippen molar-refractivity contribution >= 4 is 16.9 Å². The monoisotopic (exact) mass is 328 g/mol. The second kappa shape index (κ2) is 4.49. The topological polar surface area (TPSA) is 75.2 Å². The van der Waals surface area contributed by atoms with Gasteiger partial charge >= 0.3 is 0 Å². The summed E-state index contributed by atoms with van der Waals surface area (Å²) in [6.45, 7) is 6.37. The van der Waals surface area contributed by atoms with Crippen LogP contribution in [-0.4, -0.2) is 32.5 Å². The molecule has 0 amide bonds. The van der Waals surface area contributed by atoms with Gasteiger partial charge in [0.1, 0.15) is 23.9 Å². The SMILES string of the molecule is CC1CC2(C1)C[C@@H](n1ccc3c(N)ncnc31)[C@@H]1OC(C)(C)O[C@@H]12. The van der Waals surface area contributed by atoms with Gasteiger partial charge < -0.3 is 19.8 Å². The average Bonchev–Trinajstić information content (AvgIpc) is 3.11. The molecule has 1 spiro atoms. The Labute approximate surface area is 141 Å². The van der Waals surface area contributed by atoms with E-state index in [1.807, 2.05) is 19.9 Å². The Balaban J connectivity index is 1.59. The lowest BCUT2D eigenvalue weighted by Gasteiger charge is -2.47. The van der Waals surface area contributed by atoms with E-state index < -0.39 is 5.79 Å². The highest BCUT2D eigenvalue weighted by atomic mass is 16.8. The maximum absolute atomic E-state index is 6.35. The first-order chi connectivity index (χ1) is 11.4. The lowest BCUT2D eigenvalue weighted by molar-refractivity contribution is -0.181. The number of fused-ring (bicyclic) bond motifs is 3. The van der Waals surface area contributed by atoms with Crippen LogP contribution in [0.15, 0.2) is 18.6 Å². The van der Waals surface area contributed by atoms with Crippen molar-refractivity contribution < 1.29 is 9.47 Å². The molecule has 3 aliphatic rings. The van der Waals surface area contributed by atoms with E-state index in [0.29, 0.717) is 5.82 Å². The Hall–Kier alpha value is -1.66. The van der Waals surface area contributed by atoms with Gasteiger partial charge in [0, 0.05) is 11.6 Å². The molecule has 6 nitrogen and oxygen atoms in total. The van der Waals surface area contributed by atoms with Gasteiger partial charge in [-0.15, -0.1) is 0 Å². The maximum atomic E-state index is 6.35. The Morgan fingerprint density at radius 3 is 2.75 bits per heavy atom. The van der Waals surface area contributed by atoms with Crippen LogP contribution in [0.2, 0.25) is 0 Å². The molecule has 3 fully saturated rings. The summed E-state index contributed by atoms with van der Waals surface area (Å²) in [7, 11) is 0. The number of ether oxygens (including phenoxy) is 2. The molecule has 1 saturated heterocycles. The van der Waals surface area contributed by atoms with Crippen LogP contribution in [-0.2, 0) is 9.47 Å². The summed E-state index contributed by atoms with van der Waals surface area (Å²) >= 11 is 0. The Kier molecular flexibility index (Phi) is 2.74. The number of hydrogen-bond acceptors (Lipinski definition) is 5. The molecule has 0 bridgehead atoms. The predicted octanol–water partition coefficient (Wildman–Crippen LogP) is 2.89. The van der Waals surface area contributed by atoms with Crippen LogP contribution >= 0.6 is 0 Å². The third-order valence-corrected chi connectivity index (χ3v) is 6.13. The van der Waals surface area contributed by atoms with Crippen molar-refractivity contribution in [1.29, 1.82) is 0 Å². The molecule has 2 saturated carbocycles. The smallest absolute Gasteiger partial charge is 0.163 e. The third-order valence-electron chi connectivity index (χ3n) is 6.13. The van der Waals surface area contributed by atoms with Gasteiger partial charge in [0.15, 0.2) is 5.79 Å². The third kappa shape index (κ3) is 1.84. The van der Waals surface area contributed by atoms with Crippen molar-refractivity contribution in [3.63, 3.8) is 0 Å². The fraction of sp³-hybridized carbons (Fsp3) is 0.667. The summed E-state index contributed by atoms with van der Waals surface area (Å²) in [4.78, 5) is 8.58. The van der Waals surface area contributed by atoms with Gasteiger partial charge in [0.2, 0.25) is 0 Å². The molecule has 5 rings (SSSR count). The lowest BCUT2D eigenvalue weighted by Crippen LogP contribution is -2.45. The molecule has 24 heavy (non-hydrogen) atoms. The van der Waals surface area contributed by atoms with E-state index in [-0.39, 0.29) is 23.7 Å². The fourth-order valence-electron chi connectivity index (χ4n) is 5.43. The molecule has 3 atom stereocenters. The van der Waals surface area contributed by atoms with Crippen molar-refractivity contribution in [3.8, 4) is 0 Å². The number of nitrogens with two attached hydrogens (primary N) is 1. The fourth-order valence-corrected chi connectivity index (χ4v) is 5.43. The number of rotatable bonds is 1. The minimum atomic E-state index is -0.517. The van der Waals surface area contributed by atoms with Crippen LogP contribution in [0.3, 0.4) is 0 Å². The maximum Gasteiger partial charge on any atom is 0.163 e. The summed E-state index contributed by atoms with van der Waals surface area (Å²) in [5.74, 6) is 0.789. The van der Waals surface area contributed by atoms with Gasteiger partial charge in [0.25, 0.3) is 0 Å². The predicted molar refractivity (Wildman–Crippen MR) is 90.3 cm³/mol. The molecule has 128 valence electrons. The van der Waals surface area contributed by atoms with E-state index in [1.165, 1.54) is 19.2 Å². The van der Waals surface area contributed by atoms with Crippen LogP contribution in [0.25, 0.3) is 11.0 Å². The van der Waals surface area contributed by atoms with E-state index in [0.717, 1.165) is 23.4 Å². The number of nitrogen functional groups attached to an aromatic ring is 1. The Morgan fingerprint density at radius 1 is 1.21 bits per heavy atom.